The molecule has 0 radical (unpaired) electrons. The van der Waals surface area contributed by atoms with E-state index in [1.807, 2.05) is 70.1 Å². The number of aromatic nitrogens is 2. The van der Waals surface area contributed by atoms with E-state index in [1.165, 1.54) is 11.1 Å². The molecule has 0 saturated heterocycles. The molecule has 0 bridgehead atoms. The molecule has 0 aliphatic rings. The molecule has 7 aromatic rings. The van der Waals surface area contributed by atoms with E-state index in [4.69, 9.17) is 0 Å². The maximum atomic E-state index is 14.4. The Balaban J connectivity index is 1.31. The van der Waals surface area contributed by atoms with Crippen molar-refractivity contribution in [2.75, 3.05) is 0 Å². The van der Waals surface area contributed by atoms with Gasteiger partial charge in [0, 0.05) is 12.4 Å². The molecular formula is C41H32N2O. The zero-order valence-electron chi connectivity index (χ0n) is 24.3. The Labute approximate surface area is 258 Å². The molecule has 1 aromatic heterocycles. The lowest BCUT2D eigenvalue weighted by Crippen LogP contribution is -2.31. The van der Waals surface area contributed by atoms with Crippen molar-refractivity contribution in [1.29, 1.82) is 0 Å². The van der Waals surface area contributed by atoms with Crippen LogP contribution >= 0.6 is 0 Å². The molecule has 1 heterocycles. The molecule has 0 aliphatic heterocycles. The molecule has 212 valence electrons. The van der Waals surface area contributed by atoms with Crippen LogP contribution in [0.5, 0.6) is 0 Å². The average Bonchev–Trinajstić information content (AvgIpc) is 3.47. The summed E-state index contributed by atoms with van der Waals surface area (Å²) in [5.41, 5.74) is 8.80. The largest absolute Gasteiger partial charge is 0.329 e. The third-order valence-electron chi connectivity index (χ3n) is 8.28. The Kier molecular flexibility index (Phi) is 7.59. The SMILES string of the molecule is O=c1n(C(c2ccccc2)c2ccc(-c3ccccc3)cc2)ccn1C(c1ccccc1)c1ccc(-c2ccccc2)cc1. The minimum Gasteiger partial charge on any atom is -0.288 e. The van der Waals surface area contributed by atoms with Crippen LogP contribution < -0.4 is 5.69 Å². The van der Waals surface area contributed by atoms with Gasteiger partial charge in [-0.05, 0) is 44.5 Å². The van der Waals surface area contributed by atoms with Gasteiger partial charge in [0.25, 0.3) is 0 Å². The topological polar surface area (TPSA) is 26.9 Å². The van der Waals surface area contributed by atoms with Gasteiger partial charge >= 0.3 is 5.69 Å². The van der Waals surface area contributed by atoms with Crippen molar-refractivity contribution in [3.8, 4) is 22.3 Å². The van der Waals surface area contributed by atoms with Crippen molar-refractivity contribution in [3.05, 3.63) is 215 Å². The molecular weight excluding hydrogens is 536 g/mol. The molecule has 2 unspecified atom stereocenters. The summed E-state index contributed by atoms with van der Waals surface area (Å²) >= 11 is 0. The van der Waals surface area contributed by atoms with Crippen LogP contribution in [0.2, 0.25) is 0 Å². The summed E-state index contributed by atoms with van der Waals surface area (Å²) in [6.07, 6.45) is 3.86. The molecule has 6 aromatic carbocycles. The molecule has 2 atom stereocenters. The van der Waals surface area contributed by atoms with E-state index in [9.17, 15) is 4.79 Å². The van der Waals surface area contributed by atoms with Crippen LogP contribution in [-0.4, -0.2) is 9.13 Å². The number of benzene rings is 6. The van der Waals surface area contributed by atoms with Crippen molar-refractivity contribution in [3.63, 3.8) is 0 Å². The van der Waals surface area contributed by atoms with Gasteiger partial charge in [0.2, 0.25) is 0 Å². The number of imidazole rings is 1. The molecule has 0 aliphatic carbocycles. The normalized spacial score (nSPS) is 12.5. The lowest BCUT2D eigenvalue weighted by molar-refractivity contribution is 0.587. The molecule has 0 saturated carbocycles. The first-order valence-corrected chi connectivity index (χ1v) is 15.0. The Morgan fingerprint density at radius 1 is 0.318 bits per heavy atom. The van der Waals surface area contributed by atoms with Crippen molar-refractivity contribution in [1.82, 2.24) is 9.13 Å². The first kappa shape index (κ1) is 27.2. The summed E-state index contributed by atoms with van der Waals surface area (Å²) in [7, 11) is 0. The zero-order chi connectivity index (χ0) is 29.7. The molecule has 0 amide bonds. The molecule has 7 rings (SSSR count). The van der Waals surface area contributed by atoms with Gasteiger partial charge in [0.05, 0.1) is 12.1 Å². The third kappa shape index (κ3) is 5.44. The maximum Gasteiger partial charge on any atom is 0.329 e. The second-order valence-corrected chi connectivity index (χ2v) is 11.0. The van der Waals surface area contributed by atoms with Gasteiger partial charge in [0.1, 0.15) is 0 Å². The maximum absolute atomic E-state index is 14.4. The van der Waals surface area contributed by atoms with E-state index >= 15 is 0 Å². The molecule has 0 spiro atoms. The Hall–Kier alpha value is -5.67. The van der Waals surface area contributed by atoms with E-state index in [1.54, 1.807) is 0 Å². The standard InChI is InChI=1S/C41H32N2O/c44-41-42(39(35-17-9-3-10-18-35)37-25-21-33(22-26-37)31-13-5-1-6-14-31)29-30-43(41)40(36-19-11-4-12-20-36)38-27-23-34(24-28-38)32-15-7-2-8-16-32/h1-30,39-40H. The Bertz CT molecular complexity index is 1850. The molecule has 0 N–H and O–H groups in total. The number of hydrogen-bond donors (Lipinski definition) is 0. The average molecular weight is 569 g/mol. The highest BCUT2D eigenvalue weighted by Crippen LogP contribution is 2.31. The van der Waals surface area contributed by atoms with E-state index in [-0.39, 0.29) is 17.8 Å². The number of rotatable bonds is 8. The van der Waals surface area contributed by atoms with Gasteiger partial charge in [0.15, 0.2) is 0 Å². The van der Waals surface area contributed by atoms with Gasteiger partial charge in [-0.2, -0.15) is 0 Å². The molecule has 0 fully saturated rings. The number of nitrogens with zero attached hydrogens (tertiary/aromatic N) is 2. The highest BCUT2D eigenvalue weighted by atomic mass is 16.1. The van der Waals surface area contributed by atoms with Crippen LogP contribution in [0.3, 0.4) is 0 Å². The summed E-state index contributed by atoms with van der Waals surface area (Å²) in [4.78, 5) is 14.4. The summed E-state index contributed by atoms with van der Waals surface area (Å²) in [6.45, 7) is 0. The summed E-state index contributed by atoms with van der Waals surface area (Å²) in [6, 6.07) is 57.8. The minimum absolute atomic E-state index is 0.0630. The fourth-order valence-corrected chi connectivity index (χ4v) is 6.07. The third-order valence-corrected chi connectivity index (χ3v) is 8.28. The Morgan fingerprint density at radius 2 is 0.591 bits per heavy atom. The van der Waals surface area contributed by atoms with Crippen LogP contribution in [0.4, 0.5) is 0 Å². The Morgan fingerprint density at radius 3 is 0.932 bits per heavy atom. The van der Waals surface area contributed by atoms with Gasteiger partial charge < -0.3 is 0 Å². The van der Waals surface area contributed by atoms with Crippen LogP contribution in [-0.2, 0) is 0 Å². The molecule has 3 heteroatoms. The lowest BCUT2D eigenvalue weighted by atomic mass is 9.95. The predicted octanol–water partition coefficient (Wildman–Crippen LogP) is 9.26. The summed E-state index contributed by atoms with van der Waals surface area (Å²) < 4.78 is 3.72. The smallest absolute Gasteiger partial charge is 0.288 e. The highest BCUT2D eigenvalue weighted by molar-refractivity contribution is 5.64. The second kappa shape index (κ2) is 12.3. The van der Waals surface area contributed by atoms with Gasteiger partial charge in [-0.1, -0.05) is 170 Å². The van der Waals surface area contributed by atoms with Gasteiger partial charge in [-0.15, -0.1) is 0 Å². The van der Waals surface area contributed by atoms with Crippen LogP contribution in [0.25, 0.3) is 22.3 Å². The highest BCUT2D eigenvalue weighted by Gasteiger charge is 2.24. The van der Waals surface area contributed by atoms with Crippen molar-refractivity contribution >= 4 is 0 Å². The second-order valence-electron chi connectivity index (χ2n) is 11.0. The molecule has 3 nitrogen and oxygen atoms in total. The van der Waals surface area contributed by atoms with Crippen LogP contribution in [0.1, 0.15) is 34.3 Å². The van der Waals surface area contributed by atoms with Gasteiger partial charge in [-0.25, -0.2) is 4.79 Å². The van der Waals surface area contributed by atoms with E-state index in [0.29, 0.717) is 0 Å². The monoisotopic (exact) mass is 568 g/mol. The quantitative estimate of drug-likeness (QED) is 0.179. The van der Waals surface area contributed by atoms with E-state index in [2.05, 4.69) is 121 Å². The van der Waals surface area contributed by atoms with Crippen molar-refractivity contribution in [2.24, 2.45) is 0 Å². The first-order valence-electron chi connectivity index (χ1n) is 15.0. The summed E-state index contributed by atoms with van der Waals surface area (Å²) in [5.74, 6) is 0. The minimum atomic E-state index is -0.272. The van der Waals surface area contributed by atoms with Crippen molar-refractivity contribution < 1.29 is 0 Å². The molecule has 44 heavy (non-hydrogen) atoms. The van der Waals surface area contributed by atoms with Crippen LogP contribution in [0.15, 0.2) is 187 Å². The number of hydrogen-bond acceptors (Lipinski definition) is 1. The summed E-state index contributed by atoms with van der Waals surface area (Å²) in [5, 5.41) is 0. The zero-order valence-corrected chi connectivity index (χ0v) is 24.3. The van der Waals surface area contributed by atoms with E-state index < -0.39 is 0 Å². The first-order chi connectivity index (χ1) is 21.8. The fourth-order valence-electron chi connectivity index (χ4n) is 6.07. The van der Waals surface area contributed by atoms with Crippen molar-refractivity contribution in [2.45, 2.75) is 12.1 Å². The van der Waals surface area contributed by atoms with Crippen LogP contribution in [0, 0.1) is 0 Å². The van der Waals surface area contributed by atoms with E-state index in [0.717, 1.165) is 33.4 Å². The predicted molar refractivity (Wildman–Crippen MR) is 180 cm³/mol. The fraction of sp³-hybridized carbons (Fsp3) is 0.0488. The van der Waals surface area contributed by atoms with Gasteiger partial charge in [-0.3, -0.25) is 9.13 Å². The lowest BCUT2D eigenvalue weighted by Gasteiger charge is -2.22.